The zero-order valence-corrected chi connectivity index (χ0v) is 8.38. The van der Waals surface area contributed by atoms with Crippen molar-refractivity contribution in [3.63, 3.8) is 0 Å². The Kier molecular flexibility index (Phi) is 3.17. The Morgan fingerprint density at radius 1 is 1.50 bits per heavy atom. The van der Waals surface area contributed by atoms with E-state index in [1.165, 1.54) is 19.3 Å². The second kappa shape index (κ2) is 3.96. The Bertz CT molecular complexity index is 180. The topological polar surface area (TPSA) is 3.24 Å². The number of hydrogen-bond donors (Lipinski definition) is 0. The fourth-order valence-electron chi connectivity index (χ4n) is 1.98. The van der Waals surface area contributed by atoms with Crippen LogP contribution >= 0.6 is 0 Å². The van der Waals surface area contributed by atoms with E-state index in [1.54, 1.807) is 0 Å². The van der Waals surface area contributed by atoms with E-state index in [-0.39, 0.29) is 0 Å². The summed E-state index contributed by atoms with van der Waals surface area (Å²) in [6, 6.07) is 1.02. The summed E-state index contributed by atoms with van der Waals surface area (Å²) in [7, 11) is 2.15. The highest BCUT2D eigenvalue weighted by atomic mass is 15.2. The Hall–Kier alpha value is -0.480. The smallest absolute Gasteiger partial charge is 0.0683 e. The summed E-state index contributed by atoms with van der Waals surface area (Å²) in [5, 5.41) is 0. The van der Waals surface area contributed by atoms with Gasteiger partial charge in [0.1, 0.15) is 0 Å². The molecule has 0 aromatic heterocycles. The average Bonchev–Trinajstić information content (AvgIpc) is 2.49. The summed E-state index contributed by atoms with van der Waals surface area (Å²) in [5.41, 5.74) is 0. The molecule has 1 rings (SSSR count). The van der Waals surface area contributed by atoms with Crippen LogP contribution in [-0.2, 0) is 0 Å². The number of terminal acetylenes is 1. The SMILES string of the molecule is C#CC(C)N(C)C1CCC(C)C1. The molecule has 0 saturated heterocycles. The molecule has 0 aromatic carbocycles. The first-order valence-corrected chi connectivity index (χ1v) is 4.83. The van der Waals surface area contributed by atoms with Crippen LogP contribution < -0.4 is 0 Å². The predicted octanol–water partition coefficient (Wildman–Crippen LogP) is 2.13. The van der Waals surface area contributed by atoms with Crippen LogP contribution in [0.2, 0.25) is 0 Å². The van der Waals surface area contributed by atoms with Crippen molar-refractivity contribution in [1.29, 1.82) is 0 Å². The summed E-state index contributed by atoms with van der Waals surface area (Å²) >= 11 is 0. The molecule has 3 atom stereocenters. The molecule has 0 amide bonds. The standard InChI is InChI=1S/C11H19N/c1-5-10(3)12(4)11-7-6-9(2)8-11/h1,9-11H,6-8H2,2-4H3. The van der Waals surface area contributed by atoms with E-state index in [0.29, 0.717) is 6.04 Å². The molecule has 0 spiro atoms. The minimum atomic E-state index is 0.292. The van der Waals surface area contributed by atoms with E-state index in [0.717, 1.165) is 12.0 Å². The fourth-order valence-corrected chi connectivity index (χ4v) is 1.98. The third kappa shape index (κ3) is 2.01. The van der Waals surface area contributed by atoms with Gasteiger partial charge < -0.3 is 0 Å². The average molecular weight is 165 g/mol. The summed E-state index contributed by atoms with van der Waals surface area (Å²) in [5.74, 6) is 3.67. The third-order valence-electron chi connectivity index (χ3n) is 3.10. The molecule has 0 heterocycles. The Morgan fingerprint density at radius 3 is 2.58 bits per heavy atom. The minimum Gasteiger partial charge on any atom is -0.290 e. The van der Waals surface area contributed by atoms with E-state index in [4.69, 9.17) is 6.42 Å². The summed E-state index contributed by atoms with van der Waals surface area (Å²) in [6.45, 7) is 4.43. The molecule has 1 heteroatoms. The van der Waals surface area contributed by atoms with Gasteiger partial charge in [0, 0.05) is 6.04 Å². The van der Waals surface area contributed by atoms with Crippen LogP contribution in [0.15, 0.2) is 0 Å². The lowest BCUT2D eigenvalue weighted by atomic mass is 10.1. The highest BCUT2D eigenvalue weighted by Gasteiger charge is 2.26. The highest BCUT2D eigenvalue weighted by Crippen LogP contribution is 2.28. The molecule has 0 N–H and O–H groups in total. The van der Waals surface area contributed by atoms with Crippen molar-refractivity contribution in [2.45, 2.75) is 45.2 Å². The van der Waals surface area contributed by atoms with Crippen LogP contribution in [0.4, 0.5) is 0 Å². The van der Waals surface area contributed by atoms with Gasteiger partial charge in [0.2, 0.25) is 0 Å². The maximum atomic E-state index is 5.38. The van der Waals surface area contributed by atoms with Crippen molar-refractivity contribution < 1.29 is 0 Å². The highest BCUT2D eigenvalue weighted by molar-refractivity contribution is 4.98. The third-order valence-corrected chi connectivity index (χ3v) is 3.10. The van der Waals surface area contributed by atoms with Gasteiger partial charge in [0.25, 0.3) is 0 Å². The zero-order valence-electron chi connectivity index (χ0n) is 8.38. The van der Waals surface area contributed by atoms with E-state index in [9.17, 15) is 0 Å². The maximum absolute atomic E-state index is 5.38. The molecule has 1 aliphatic carbocycles. The second-order valence-corrected chi connectivity index (χ2v) is 4.08. The number of hydrogen-bond acceptors (Lipinski definition) is 1. The first-order chi connectivity index (χ1) is 5.65. The van der Waals surface area contributed by atoms with Crippen LogP contribution in [-0.4, -0.2) is 24.0 Å². The number of nitrogens with zero attached hydrogens (tertiary/aromatic N) is 1. The summed E-state index contributed by atoms with van der Waals surface area (Å²) in [6.07, 6.45) is 9.40. The van der Waals surface area contributed by atoms with Crippen molar-refractivity contribution in [2.75, 3.05) is 7.05 Å². The van der Waals surface area contributed by atoms with E-state index >= 15 is 0 Å². The molecule has 0 radical (unpaired) electrons. The lowest BCUT2D eigenvalue weighted by Gasteiger charge is -2.27. The van der Waals surface area contributed by atoms with Crippen molar-refractivity contribution in [3.8, 4) is 12.3 Å². The van der Waals surface area contributed by atoms with Gasteiger partial charge in [-0.1, -0.05) is 12.8 Å². The second-order valence-electron chi connectivity index (χ2n) is 4.08. The molecule has 1 nitrogen and oxygen atoms in total. The van der Waals surface area contributed by atoms with Gasteiger partial charge in [-0.3, -0.25) is 4.90 Å². The Morgan fingerprint density at radius 2 is 2.17 bits per heavy atom. The van der Waals surface area contributed by atoms with E-state index < -0.39 is 0 Å². The van der Waals surface area contributed by atoms with E-state index in [1.807, 2.05) is 0 Å². The molecule has 0 bridgehead atoms. The fraction of sp³-hybridized carbons (Fsp3) is 0.818. The van der Waals surface area contributed by atoms with Crippen molar-refractivity contribution in [1.82, 2.24) is 4.90 Å². The Balaban J connectivity index is 2.44. The van der Waals surface area contributed by atoms with Gasteiger partial charge in [0.05, 0.1) is 6.04 Å². The molecule has 68 valence electrons. The van der Waals surface area contributed by atoms with Crippen LogP contribution in [0.3, 0.4) is 0 Å². The molecule has 1 saturated carbocycles. The van der Waals surface area contributed by atoms with Gasteiger partial charge in [-0.15, -0.1) is 6.42 Å². The summed E-state index contributed by atoms with van der Waals surface area (Å²) in [4.78, 5) is 2.34. The zero-order chi connectivity index (χ0) is 9.14. The molecule has 0 aromatic rings. The largest absolute Gasteiger partial charge is 0.290 e. The first-order valence-electron chi connectivity index (χ1n) is 4.83. The maximum Gasteiger partial charge on any atom is 0.0683 e. The van der Waals surface area contributed by atoms with Crippen molar-refractivity contribution in [3.05, 3.63) is 0 Å². The lowest BCUT2D eigenvalue weighted by Crippen LogP contribution is -2.36. The molecular weight excluding hydrogens is 146 g/mol. The van der Waals surface area contributed by atoms with E-state index in [2.05, 4.69) is 31.7 Å². The van der Waals surface area contributed by atoms with Crippen LogP contribution in [0, 0.1) is 18.3 Å². The summed E-state index contributed by atoms with van der Waals surface area (Å²) < 4.78 is 0. The van der Waals surface area contributed by atoms with Crippen molar-refractivity contribution >= 4 is 0 Å². The van der Waals surface area contributed by atoms with Gasteiger partial charge in [0.15, 0.2) is 0 Å². The monoisotopic (exact) mass is 165 g/mol. The quantitative estimate of drug-likeness (QED) is 0.567. The normalized spacial score (nSPS) is 31.9. The van der Waals surface area contributed by atoms with Crippen LogP contribution in [0.5, 0.6) is 0 Å². The number of rotatable bonds is 2. The lowest BCUT2D eigenvalue weighted by molar-refractivity contribution is 0.217. The van der Waals surface area contributed by atoms with Gasteiger partial charge >= 0.3 is 0 Å². The van der Waals surface area contributed by atoms with Crippen LogP contribution in [0.1, 0.15) is 33.1 Å². The Labute approximate surface area is 76.1 Å². The van der Waals surface area contributed by atoms with Gasteiger partial charge in [-0.25, -0.2) is 0 Å². The molecule has 0 aliphatic heterocycles. The predicted molar refractivity (Wildman–Crippen MR) is 52.9 cm³/mol. The van der Waals surface area contributed by atoms with Crippen molar-refractivity contribution in [2.24, 2.45) is 5.92 Å². The molecule has 1 fully saturated rings. The van der Waals surface area contributed by atoms with Crippen LogP contribution in [0.25, 0.3) is 0 Å². The molecule has 3 unspecified atom stereocenters. The van der Waals surface area contributed by atoms with Gasteiger partial charge in [-0.05, 0) is 39.2 Å². The first kappa shape index (κ1) is 9.61. The molecule has 1 aliphatic rings. The minimum absolute atomic E-state index is 0.292. The van der Waals surface area contributed by atoms with Gasteiger partial charge in [-0.2, -0.15) is 0 Å². The molecular formula is C11H19N. The molecule has 12 heavy (non-hydrogen) atoms.